The summed E-state index contributed by atoms with van der Waals surface area (Å²) in [6.07, 6.45) is 0. The van der Waals surface area contributed by atoms with Crippen LogP contribution in [-0.2, 0) is 13.2 Å². The zero-order valence-electron chi connectivity index (χ0n) is 17.1. The van der Waals surface area contributed by atoms with Gasteiger partial charge in [-0.1, -0.05) is 60.1 Å². The zero-order valence-corrected chi connectivity index (χ0v) is 17.8. The van der Waals surface area contributed by atoms with Gasteiger partial charge in [-0.15, -0.1) is 0 Å². The van der Waals surface area contributed by atoms with Crippen molar-refractivity contribution in [1.82, 2.24) is 4.98 Å². The highest BCUT2D eigenvalue weighted by atomic mass is 35.5. The molecule has 0 aliphatic carbocycles. The second-order valence-corrected chi connectivity index (χ2v) is 7.45. The first-order chi connectivity index (χ1) is 15.6. The number of pyridine rings is 1. The lowest BCUT2D eigenvalue weighted by Crippen LogP contribution is -2.09. The summed E-state index contributed by atoms with van der Waals surface area (Å²) < 4.78 is 11.8. The highest BCUT2D eigenvalue weighted by molar-refractivity contribution is 6.30. The summed E-state index contributed by atoms with van der Waals surface area (Å²) in [5.41, 5.74) is 2.71. The standard InChI is InChI=1S/C26H20ClNO4/c27-19-11-12-21(25(15-19)32-16-18-7-3-1-4-8-18)23-14-13-22(26(29)30)24(28-23)17-31-20-9-5-2-6-10-20/h1-15H,16-17H2,(H,29,30). The van der Waals surface area contributed by atoms with Gasteiger partial charge in [-0.05, 0) is 48.0 Å². The number of rotatable bonds is 8. The van der Waals surface area contributed by atoms with Crippen LogP contribution in [0, 0.1) is 0 Å². The summed E-state index contributed by atoms with van der Waals surface area (Å²) in [6, 6.07) is 27.5. The molecule has 0 aliphatic heterocycles. The molecule has 1 heterocycles. The van der Waals surface area contributed by atoms with E-state index in [0.29, 0.717) is 40.1 Å². The number of benzene rings is 3. The molecule has 1 aromatic heterocycles. The van der Waals surface area contributed by atoms with Crippen LogP contribution in [0.15, 0.2) is 91.0 Å². The summed E-state index contributed by atoms with van der Waals surface area (Å²) in [5.74, 6) is 0.133. The van der Waals surface area contributed by atoms with E-state index in [1.165, 1.54) is 6.07 Å². The van der Waals surface area contributed by atoms with Gasteiger partial charge in [0.1, 0.15) is 24.7 Å². The molecule has 0 aliphatic rings. The van der Waals surface area contributed by atoms with Crippen LogP contribution < -0.4 is 9.47 Å². The fraction of sp³-hybridized carbons (Fsp3) is 0.0769. The number of aromatic carboxylic acids is 1. The molecule has 6 heteroatoms. The third-order valence-electron chi connectivity index (χ3n) is 4.78. The first kappa shape index (κ1) is 21.4. The number of para-hydroxylation sites is 1. The van der Waals surface area contributed by atoms with Crippen molar-refractivity contribution in [1.29, 1.82) is 0 Å². The number of nitrogens with zero attached hydrogens (tertiary/aromatic N) is 1. The van der Waals surface area contributed by atoms with Gasteiger partial charge in [-0.2, -0.15) is 0 Å². The monoisotopic (exact) mass is 445 g/mol. The molecular weight excluding hydrogens is 426 g/mol. The second kappa shape index (κ2) is 9.98. The molecule has 4 aromatic rings. The van der Waals surface area contributed by atoms with Crippen LogP contribution in [0.1, 0.15) is 21.6 Å². The topological polar surface area (TPSA) is 68.7 Å². The van der Waals surface area contributed by atoms with Gasteiger partial charge in [-0.25, -0.2) is 9.78 Å². The predicted octanol–water partition coefficient (Wildman–Crippen LogP) is 6.26. The van der Waals surface area contributed by atoms with E-state index in [4.69, 9.17) is 21.1 Å². The first-order valence-corrected chi connectivity index (χ1v) is 10.4. The lowest BCUT2D eigenvalue weighted by atomic mass is 10.1. The molecule has 4 rings (SSSR count). The molecule has 5 nitrogen and oxygen atoms in total. The molecule has 0 fully saturated rings. The van der Waals surface area contributed by atoms with E-state index in [-0.39, 0.29) is 12.2 Å². The number of halogens is 1. The van der Waals surface area contributed by atoms with Crippen LogP contribution in [0.2, 0.25) is 5.02 Å². The Morgan fingerprint density at radius 3 is 2.28 bits per heavy atom. The van der Waals surface area contributed by atoms with Gasteiger partial charge in [0.25, 0.3) is 0 Å². The van der Waals surface area contributed by atoms with E-state index in [2.05, 4.69) is 4.98 Å². The lowest BCUT2D eigenvalue weighted by molar-refractivity contribution is 0.0693. The minimum absolute atomic E-state index is 0.0211. The summed E-state index contributed by atoms with van der Waals surface area (Å²) >= 11 is 6.20. The lowest BCUT2D eigenvalue weighted by Gasteiger charge is -2.14. The number of carboxylic acids is 1. The van der Waals surface area contributed by atoms with E-state index in [9.17, 15) is 9.90 Å². The molecular formula is C26H20ClNO4. The van der Waals surface area contributed by atoms with Crippen LogP contribution in [-0.4, -0.2) is 16.1 Å². The molecule has 0 bridgehead atoms. The van der Waals surface area contributed by atoms with Crippen molar-refractivity contribution in [3.8, 4) is 22.8 Å². The van der Waals surface area contributed by atoms with Gasteiger partial charge >= 0.3 is 5.97 Å². The Labute approximate surface area is 190 Å². The van der Waals surface area contributed by atoms with Crippen LogP contribution in [0.5, 0.6) is 11.5 Å². The van der Waals surface area contributed by atoms with Gasteiger partial charge in [0.2, 0.25) is 0 Å². The highest BCUT2D eigenvalue weighted by Gasteiger charge is 2.16. The number of carboxylic acid groups (broad SMARTS) is 1. The summed E-state index contributed by atoms with van der Waals surface area (Å²) in [4.78, 5) is 16.3. The molecule has 0 unspecified atom stereocenters. The maximum absolute atomic E-state index is 11.7. The Morgan fingerprint density at radius 1 is 0.844 bits per heavy atom. The molecule has 0 saturated heterocycles. The van der Waals surface area contributed by atoms with Crippen LogP contribution in [0.4, 0.5) is 0 Å². The fourth-order valence-electron chi connectivity index (χ4n) is 3.19. The largest absolute Gasteiger partial charge is 0.488 e. The van der Waals surface area contributed by atoms with Crippen molar-refractivity contribution in [3.63, 3.8) is 0 Å². The third-order valence-corrected chi connectivity index (χ3v) is 5.02. The van der Waals surface area contributed by atoms with Gasteiger partial charge in [0, 0.05) is 10.6 Å². The number of carbonyl (C=O) groups is 1. The molecule has 32 heavy (non-hydrogen) atoms. The Hall–Kier alpha value is -3.83. The molecule has 0 saturated carbocycles. The maximum atomic E-state index is 11.7. The number of hydrogen-bond acceptors (Lipinski definition) is 4. The van der Waals surface area contributed by atoms with Crippen LogP contribution in [0.3, 0.4) is 0 Å². The van der Waals surface area contributed by atoms with Gasteiger partial charge in [0.15, 0.2) is 0 Å². The van der Waals surface area contributed by atoms with Crippen molar-refractivity contribution in [2.24, 2.45) is 0 Å². The SMILES string of the molecule is O=C(O)c1ccc(-c2ccc(Cl)cc2OCc2ccccc2)nc1COc1ccccc1. The average molecular weight is 446 g/mol. The van der Waals surface area contributed by atoms with Crippen molar-refractivity contribution >= 4 is 17.6 Å². The van der Waals surface area contributed by atoms with Gasteiger partial charge < -0.3 is 14.6 Å². The van der Waals surface area contributed by atoms with Gasteiger partial charge in [-0.3, -0.25) is 0 Å². The normalized spacial score (nSPS) is 10.5. The summed E-state index contributed by atoms with van der Waals surface area (Å²) in [6.45, 7) is 0.388. The Bertz CT molecular complexity index is 1210. The van der Waals surface area contributed by atoms with E-state index in [0.717, 1.165) is 5.56 Å². The zero-order chi connectivity index (χ0) is 22.3. The predicted molar refractivity (Wildman–Crippen MR) is 123 cm³/mol. The highest BCUT2D eigenvalue weighted by Crippen LogP contribution is 2.33. The average Bonchev–Trinajstić information content (AvgIpc) is 2.82. The van der Waals surface area contributed by atoms with Crippen LogP contribution in [0.25, 0.3) is 11.3 Å². The van der Waals surface area contributed by atoms with E-state index < -0.39 is 5.97 Å². The van der Waals surface area contributed by atoms with Crippen LogP contribution >= 0.6 is 11.6 Å². The number of ether oxygens (including phenoxy) is 2. The summed E-state index contributed by atoms with van der Waals surface area (Å²) in [7, 11) is 0. The molecule has 1 N–H and O–H groups in total. The molecule has 0 atom stereocenters. The smallest absolute Gasteiger partial charge is 0.337 e. The second-order valence-electron chi connectivity index (χ2n) is 7.01. The third kappa shape index (κ3) is 5.25. The molecule has 0 spiro atoms. The van der Waals surface area contributed by atoms with Crippen molar-refractivity contribution < 1.29 is 19.4 Å². The summed E-state index contributed by atoms with van der Waals surface area (Å²) in [5, 5.41) is 10.1. The Balaban J connectivity index is 1.64. The fourth-order valence-corrected chi connectivity index (χ4v) is 3.35. The van der Waals surface area contributed by atoms with Crippen molar-refractivity contribution in [2.45, 2.75) is 13.2 Å². The molecule has 0 amide bonds. The molecule has 3 aromatic carbocycles. The van der Waals surface area contributed by atoms with Gasteiger partial charge in [0.05, 0.1) is 17.0 Å². The first-order valence-electron chi connectivity index (χ1n) is 9.98. The number of hydrogen-bond donors (Lipinski definition) is 1. The maximum Gasteiger partial charge on any atom is 0.337 e. The van der Waals surface area contributed by atoms with Crippen molar-refractivity contribution in [3.05, 3.63) is 113 Å². The molecule has 160 valence electrons. The minimum atomic E-state index is -1.06. The number of aromatic nitrogens is 1. The van der Waals surface area contributed by atoms with E-state index >= 15 is 0 Å². The van der Waals surface area contributed by atoms with E-state index in [1.807, 2.05) is 54.6 Å². The molecule has 0 radical (unpaired) electrons. The Kier molecular flexibility index (Phi) is 6.68. The van der Waals surface area contributed by atoms with E-state index in [1.54, 1.807) is 30.3 Å². The van der Waals surface area contributed by atoms with Crippen molar-refractivity contribution in [2.75, 3.05) is 0 Å². The quantitative estimate of drug-likeness (QED) is 0.346. The minimum Gasteiger partial charge on any atom is -0.488 e. The Morgan fingerprint density at radius 2 is 1.56 bits per heavy atom.